The van der Waals surface area contributed by atoms with Crippen LogP contribution in [0.15, 0.2) is 41.3 Å². The van der Waals surface area contributed by atoms with E-state index in [0.717, 1.165) is 6.07 Å². The molecular weight excluding hydrogens is 377 g/mol. The van der Waals surface area contributed by atoms with Crippen molar-refractivity contribution in [2.45, 2.75) is 11.5 Å². The Morgan fingerprint density at radius 1 is 1.12 bits per heavy atom. The number of halogens is 2. The Hall–Kier alpha value is -1.80. The summed E-state index contributed by atoms with van der Waals surface area (Å²) in [5.41, 5.74) is 0.665. The largest absolute Gasteiger partial charge is 0.495 e. The maximum absolute atomic E-state index is 12.1. The molecule has 0 atom stereocenters. The first-order valence-corrected chi connectivity index (χ1v) is 8.84. The number of methoxy groups -OCH3 is 1. The molecule has 0 aliphatic rings. The molecule has 0 spiro atoms. The molecule has 0 bridgehead atoms. The molecule has 0 aromatic heterocycles. The third-order valence-corrected chi connectivity index (χ3v) is 4.73. The van der Waals surface area contributed by atoms with Crippen LogP contribution in [0.1, 0.15) is 15.9 Å². The van der Waals surface area contributed by atoms with Gasteiger partial charge in [0.1, 0.15) is 17.3 Å². The average molecular weight is 390 g/mol. The molecule has 6 nitrogen and oxygen atoms in total. The minimum Gasteiger partial charge on any atom is -0.495 e. The lowest BCUT2D eigenvalue weighted by Gasteiger charge is -2.09. The second-order valence-electron chi connectivity index (χ2n) is 4.74. The zero-order valence-electron chi connectivity index (χ0n) is 12.5. The highest BCUT2D eigenvalue weighted by molar-refractivity contribution is 7.89. The van der Waals surface area contributed by atoms with Gasteiger partial charge in [0, 0.05) is 0 Å². The summed E-state index contributed by atoms with van der Waals surface area (Å²) in [4.78, 5) is 11.8. The van der Waals surface area contributed by atoms with Gasteiger partial charge in [0.2, 0.25) is 10.0 Å². The van der Waals surface area contributed by atoms with Gasteiger partial charge in [-0.25, -0.2) is 18.4 Å². The number of sulfonamides is 1. The number of rotatable bonds is 5. The van der Waals surface area contributed by atoms with Crippen LogP contribution in [-0.4, -0.2) is 21.5 Å². The highest BCUT2D eigenvalue weighted by Crippen LogP contribution is 2.25. The summed E-state index contributed by atoms with van der Waals surface area (Å²) in [6.07, 6.45) is 0. The minimum atomic E-state index is -4.04. The van der Waals surface area contributed by atoms with Gasteiger partial charge >= 0.3 is 5.97 Å². The van der Waals surface area contributed by atoms with Crippen molar-refractivity contribution in [2.75, 3.05) is 7.11 Å². The lowest BCUT2D eigenvalue weighted by molar-refractivity contribution is 0.0472. The zero-order chi connectivity index (χ0) is 17.9. The van der Waals surface area contributed by atoms with Crippen LogP contribution in [0, 0.1) is 0 Å². The topological polar surface area (TPSA) is 95.7 Å². The Morgan fingerprint density at radius 3 is 2.42 bits per heavy atom. The van der Waals surface area contributed by atoms with Crippen LogP contribution in [0.25, 0.3) is 0 Å². The Labute approximate surface area is 149 Å². The molecule has 0 saturated carbocycles. The first-order chi connectivity index (χ1) is 11.2. The van der Waals surface area contributed by atoms with Crippen LogP contribution in [-0.2, 0) is 21.4 Å². The number of hydrogen-bond acceptors (Lipinski definition) is 5. The first kappa shape index (κ1) is 18.5. The molecule has 2 N–H and O–H groups in total. The van der Waals surface area contributed by atoms with Gasteiger partial charge in [-0.2, -0.15) is 0 Å². The number of carbonyl (C=O) groups excluding carboxylic acids is 1. The summed E-state index contributed by atoms with van der Waals surface area (Å²) in [7, 11) is -2.75. The van der Waals surface area contributed by atoms with Gasteiger partial charge in [-0.1, -0.05) is 29.3 Å². The molecule has 2 aromatic rings. The first-order valence-electron chi connectivity index (χ1n) is 6.54. The van der Waals surface area contributed by atoms with Gasteiger partial charge in [-0.3, -0.25) is 0 Å². The molecule has 0 fully saturated rings. The van der Waals surface area contributed by atoms with Crippen LogP contribution >= 0.6 is 23.2 Å². The number of carbonyl (C=O) groups is 1. The van der Waals surface area contributed by atoms with E-state index in [9.17, 15) is 13.2 Å². The van der Waals surface area contributed by atoms with Crippen molar-refractivity contribution in [3.63, 3.8) is 0 Å². The second-order valence-corrected chi connectivity index (χ2v) is 7.08. The molecule has 9 heteroatoms. The van der Waals surface area contributed by atoms with Gasteiger partial charge in [0.25, 0.3) is 0 Å². The molecule has 128 valence electrons. The van der Waals surface area contributed by atoms with Gasteiger partial charge < -0.3 is 9.47 Å². The maximum atomic E-state index is 12.1. The van der Waals surface area contributed by atoms with Crippen molar-refractivity contribution in [2.24, 2.45) is 5.14 Å². The third-order valence-electron chi connectivity index (χ3n) is 3.06. The van der Waals surface area contributed by atoms with Gasteiger partial charge in [0.05, 0.1) is 22.7 Å². The monoisotopic (exact) mass is 389 g/mol. The molecule has 24 heavy (non-hydrogen) atoms. The lowest BCUT2D eigenvalue weighted by atomic mass is 10.2. The molecule has 2 rings (SSSR count). The molecule has 0 saturated heterocycles. The van der Waals surface area contributed by atoms with Crippen LogP contribution in [0.4, 0.5) is 0 Å². The summed E-state index contributed by atoms with van der Waals surface area (Å²) in [5, 5.41) is 5.84. The van der Waals surface area contributed by atoms with E-state index in [1.807, 2.05) is 0 Å². The number of nitrogens with two attached hydrogens (primary N) is 1. The molecule has 0 amide bonds. The van der Waals surface area contributed by atoms with Gasteiger partial charge in [-0.05, 0) is 35.9 Å². The fourth-order valence-corrected chi connectivity index (χ4v) is 2.93. The predicted molar refractivity (Wildman–Crippen MR) is 89.9 cm³/mol. The van der Waals surface area contributed by atoms with Crippen molar-refractivity contribution in [1.82, 2.24) is 0 Å². The standard InChI is InChI=1S/C15H13Cl2NO5S/c1-22-13-5-3-10(7-14(13)24(18,20)21)15(19)23-8-9-2-4-11(16)12(17)6-9/h2-7H,8H2,1H3,(H2,18,20,21). The van der Waals surface area contributed by atoms with Crippen molar-refractivity contribution in [3.05, 3.63) is 57.6 Å². The van der Waals surface area contributed by atoms with E-state index < -0.39 is 16.0 Å². The summed E-state index contributed by atoms with van der Waals surface area (Å²) >= 11 is 11.7. The zero-order valence-corrected chi connectivity index (χ0v) is 14.8. The molecular formula is C15H13Cl2NO5S. The van der Waals surface area contributed by atoms with Crippen molar-refractivity contribution in [3.8, 4) is 5.75 Å². The molecule has 0 heterocycles. The number of hydrogen-bond donors (Lipinski definition) is 1. The van der Waals surface area contributed by atoms with E-state index in [2.05, 4.69) is 0 Å². The fourth-order valence-electron chi connectivity index (χ4n) is 1.89. The van der Waals surface area contributed by atoms with E-state index in [4.69, 9.17) is 37.8 Å². The number of primary sulfonamides is 1. The van der Waals surface area contributed by atoms with E-state index in [0.29, 0.717) is 15.6 Å². The molecule has 0 radical (unpaired) electrons. The SMILES string of the molecule is COc1ccc(C(=O)OCc2ccc(Cl)c(Cl)c2)cc1S(N)(=O)=O. The summed E-state index contributed by atoms with van der Waals surface area (Å²) in [6, 6.07) is 8.62. The minimum absolute atomic E-state index is 0.0277. The normalized spacial score (nSPS) is 11.2. The predicted octanol–water partition coefficient (Wildman–Crippen LogP) is 3.01. The summed E-state index contributed by atoms with van der Waals surface area (Å²) < 4.78 is 33.2. The highest BCUT2D eigenvalue weighted by atomic mass is 35.5. The quantitative estimate of drug-likeness (QED) is 0.792. The van der Waals surface area contributed by atoms with E-state index in [1.54, 1.807) is 18.2 Å². The smallest absolute Gasteiger partial charge is 0.338 e. The second kappa shape index (κ2) is 7.40. The van der Waals surface area contributed by atoms with E-state index in [-0.39, 0.29) is 22.8 Å². The number of benzene rings is 2. The van der Waals surface area contributed by atoms with Crippen molar-refractivity contribution < 1.29 is 22.7 Å². The Kier molecular flexibility index (Phi) is 5.71. The molecule has 0 unspecified atom stereocenters. The Bertz CT molecular complexity index is 883. The maximum Gasteiger partial charge on any atom is 0.338 e. The summed E-state index contributed by atoms with van der Waals surface area (Å²) in [5.74, 6) is -0.674. The van der Waals surface area contributed by atoms with E-state index in [1.165, 1.54) is 19.2 Å². The Morgan fingerprint density at radius 2 is 1.83 bits per heavy atom. The molecule has 0 aliphatic carbocycles. The summed E-state index contributed by atoms with van der Waals surface area (Å²) in [6.45, 7) is -0.0491. The third kappa shape index (κ3) is 4.39. The van der Waals surface area contributed by atoms with Crippen LogP contribution in [0.2, 0.25) is 10.0 Å². The van der Waals surface area contributed by atoms with Crippen molar-refractivity contribution >= 4 is 39.2 Å². The number of ether oxygens (including phenoxy) is 2. The van der Waals surface area contributed by atoms with Gasteiger partial charge in [0.15, 0.2) is 0 Å². The molecule has 2 aromatic carbocycles. The van der Waals surface area contributed by atoms with E-state index >= 15 is 0 Å². The van der Waals surface area contributed by atoms with Crippen LogP contribution < -0.4 is 9.88 Å². The molecule has 0 aliphatic heterocycles. The van der Waals surface area contributed by atoms with Crippen LogP contribution in [0.3, 0.4) is 0 Å². The fraction of sp³-hybridized carbons (Fsp3) is 0.133. The van der Waals surface area contributed by atoms with Gasteiger partial charge in [-0.15, -0.1) is 0 Å². The highest BCUT2D eigenvalue weighted by Gasteiger charge is 2.18. The Balaban J connectivity index is 2.19. The van der Waals surface area contributed by atoms with Crippen LogP contribution in [0.5, 0.6) is 5.75 Å². The average Bonchev–Trinajstić information content (AvgIpc) is 2.54. The number of esters is 1. The van der Waals surface area contributed by atoms with Crippen molar-refractivity contribution in [1.29, 1.82) is 0 Å². The lowest BCUT2D eigenvalue weighted by Crippen LogP contribution is -2.15.